The molecule has 1 unspecified atom stereocenters. The summed E-state index contributed by atoms with van der Waals surface area (Å²) in [4.78, 5) is 15.1. The maximum Gasteiger partial charge on any atom is 0.223 e. The van der Waals surface area contributed by atoms with Gasteiger partial charge in [0.25, 0.3) is 0 Å². The Hall–Kier alpha value is -3.41. The van der Waals surface area contributed by atoms with Gasteiger partial charge >= 0.3 is 0 Å². The molecule has 4 aromatic rings. The van der Waals surface area contributed by atoms with Crippen LogP contribution in [-0.2, 0) is 17.8 Å². The first kappa shape index (κ1) is 20.5. The number of H-pyrrole nitrogens is 1. The summed E-state index contributed by atoms with van der Waals surface area (Å²) in [6.45, 7) is 5.98. The standard InChI is InChI=1S/C26H29N5O/c1-26(2)13-20(17-30(26)25(32)11-8-19-6-4-3-5-7-19)18-31-24-10-9-21(12-22(24)16-29-31)23-14-27-28-15-23/h3-7,9-10,12,14-16,20H,8,11,13,17-18H2,1-2H3,(H,27,28). The molecule has 1 aliphatic rings. The first-order chi connectivity index (χ1) is 15.5. The molecule has 1 saturated heterocycles. The van der Waals surface area contributed by atoms with Crippen LogP contribution in [0.25, 0.3) is 22.0 Å². The number of nitrogens with one attached hydrogen (secondary N) is 1. The number of fused-ring (bicyclic) bond motifs is 1. The minimum absolute atomic E-state index is 0.129. The van der Waals surface area contributed by atoms with Gasteiger partial charge in [-0.05, 0) is 55.9 Å². The number of nitrogens with zero attached hydrogens (tertiary/aromatic N) is 4. The molecular formula is C26H29N5O. The number of hydrogen-bond donors (Lipinski definition) is 1. The average Bonchev–Trinajstić information content (AvgIpc) is 3.52. The van der Waals surface area contributed by atoms with Gasteiger partial charge < -0.3 is 4.90 Å². The number of carbonyl (C=O) groups excluding carboxylic acids is 1. The smallest absolute Gasteiger partial charge is 0.223 e. The van der Waals surface area contributed by atoms with Crippen molar-refractivity contribution >= 4 is 16.8 Å². The Morgan fingerprint density at radius 3 is 2.75 bits per heavy atom. The summed E-state index contributed by atoms with van der Waals surface area (Å²) in [5, 5.41) is 12.7. The fourth-order valence-electron chi connectivity index (χ4n) is 5.04. The van der Waals surface area contributed by atoms with Crippen LogP contribution in [0, 0.1) is 5.92 Å². The fraction of sp³-hybridized carbons (Fsp3) is 0.346. The van der Waals surface area contributed by atoms with Crippen molar-refractivity contribution in [1.29, 1.82) is 0 Å². The monoisotopic (exact) mass is 427 g/mol. The van der Waals surface area contributed by atoms with Crippen molar-refractivity contribution in [3.63, 3.8) is 0 Å². The zero-order valence-corrected chi connectivity index (χ0v) is 18.7. The number of aromatic nitrogens is 4. The van der Waals surface area contributed by atoms with E-state index in [1.54, 1.807) is 0 Å². The van der Waals surface area contributed by atoms with E-state index in [0.29, 0.717) is 12.3 Å². The van der Waals surface area contributed by atoms with E-state index in [4.69, 9.17) is 0 Å². The molecule has 6 heteroatoms. The van der Waals surface area contributed by atoms with Gasteiger partial charge in [0.1, 0.15) is 0 Å². The third-order valence-corrected chi connectivity index (χ3v) is 6.64. The van der Waals surface area contributed by atoms with Crippen LogP contribution < -0.4 is 0 Å². The first-order valence-electron chi connectivity index (χ1n) is 11.3. The molecule has 1 N–H and O–H groups in total. The molecule has 2 aromatic heterocycles. The second-order valence-corrected chi connectivity index (χ2v) is 9.46. The lowest BCUT2D eigenvalue weighted by Crippen LogP contribution is -2.42. The predicted molar refractivity (Wildman–Crippen MR) is 126 cm³/mol. The molecule has 32 heavy (non-hydrogen) atoms. The summed E-state index contributed by atoms with van der Waals surface area (Å²) < 4.78 is 2.09. The van der Waals surface area contributed by atoms with Crippen LogP contribution in [0.5, 0.6) is 0 Å². The molecule has 1 fully saturated rings. The van der Waals surface area contributed by atoms with E-state index in [9.17, 15) is 4.79 Å². The number of aryl methyl sites for hydroxylation is 1. The average molecular weight is 428 g/mol. The number of rotatable bonds is 6. The number of carbonyl (C=O) groups is 1. The third kappa shape index (κ3) is 4.05. The molecule has 0 bridgehead atoms. The molecular weight excluding hydrogens is 398 g/mol. The zero-order chi connectivity index (χ0) is 22.1. The molecule has 0 radical (unpaired) electrons. The van der Waals surface area contributed by atoms with Crippen molar-refractivity contribution in [2.45, 2.75) is 45.2 Å². The van der Waals surface area contributed by atoms with E-state index < -0.39 is 0 Å². The molecule has 0 saturated carbocycles. The normalized spacial score (nSPS) is 17.8. The van der Waals surface area contributed by atoms with Crippen molar-refractivity contribution in [2.75, 3.05) is 6.54 Å². The number of hydrogen-bond acceptors (Lipinski definition) is 3. The van der Waals surface area contributed by atoms with Crippen molar-refractivity contribution in [3.8, 4) is 11.1 Å². The zero-order valence-electron chi connectivity index (χ0n) is 18.7. The molecule has 0 aliphatic carbocycles. The Bertz CT molecular complexity index is 1210. The molecule has 164 valence electrons. The quantitative estimate of drug-likeness (QED) is 0.486. The number of aromatic amines is 1. The molecule has 2 aromatic carbocycles. The maximum absolute atomic E-state index is 13.0. The SMILES string of the molecule is CC1(C)CC(Cn2ncc3cc(-c4cn[nH]c4)ccc32)CN1C(=O)CCc1ccccc1. The number of likely N-dealkylation sites (tertiary alicyclic amines) is 1. The van der Waals surface area contributed by atoms with E-state index in [1.165, 1.54) is 5.56 Å². The van der Waals surface area contributed by atoms with Gasteiger partial charge in [-0.3, -0.25) is 14.6 Å². The first-order valence-corrected chi connectivity index (χ1v) is 11.3. The lowest BCUT2D eigenvalue weighted by Gasteiger charge is -2.31. The van der Waals surface area contributed by atoms with E-state index in [2.05, 4.69) is 69.1 Å². The minimum atomic E-state index is -0.129. The second kappa shape index (κ2) is 8.26. The van der Waals surface area contributed by atoms with Crippen LogP contribution >= 0.6 is 0 Å². The van der Waals surface area contributed by atoms with Crippen LogP contribution in [0.2, 0.25) is 0 Å². The second-order valence-electron chi connectivity index (χ2n) is 9.46. The summed E-state index contributed by atoms with van der Waals surface area (Å²) >= 11 is 0. The van der Waals surface area contributed by atoms with Gasteiger partial charge in [-0.15, -0.1) is 0 Å². The predicted octanol–water partition coefficient (Wildman–Crippen LogP) is 4.69. The Balaban J connectivity index is 1.27. The van der Waals surface area contributed by atoms with Crippen molar-refractivity contribution in [3.05, 3.63) is 72.7 Å². The summed E-state index contributed by atoms with van der Waals surface area (Å²) in [7, 11) is 0. The highest BCUT2D eigenvalue weighted by Crippen LogP contribution is 2.35. The van der Waals surface area contributed by atoms with Gasteiger partial charge in [0.2, 0.25) is 5.91 Å². The largest absolute Gasteiger partial charge is 0.337 e. The summed E-state index contributed by atoms with van der Waals surface area (Å²) in [5.74, 6) is 0.638. The van der Waals surface area contributed by atoms with E-state index in [0.717, 1.165) is 48.0 Å². The van der Waals surface area contributed by atoms with Crippen LogP contribution in [0.15, 0.2) is 67.1 Å². The summed E-state index contributed by atoms with van der Waals surface area (Å²) in [5.41, 5.74) is 4.41. The van der Waals surface area contributed by atoms with Gasteiger partial charge in [0, 0.05) is 42.2 Å². The molecule has 5 rings (SSSR count). The Labute approximate surface area is 188 Å². The van der Waals surface area contributed by atoms with Crippen LogP contribution in [-0.4, -0.2) is 42.9 Å². The molecule has 1 aliphatic heterocycles. The Morgan fingerprint density at radius 1 is 1.12 bits per heavy atom. The summed E-state index contributed by atoms with van der Waals surface area (Å²) in [6, 6.07) is 16.7. The lowest BCUT2D eigenvalue weighted by atomic mass is 9.96. The highest BCUT2D eigenvalue weighted by Gasteiger charge is 2.40. The van der Waals surface area contributed by atoms with Crippen molar-refractivity contribution in [1.82, 2.24) is 24.9 Å². The molecule has 1 amide bonds. The van der Waals surface area contributed by atoms with Crippen molar-refractivity contribution in [2.24, 2.45) is 5.92 Å². The van der Waals surface area contributed by atoms with Crippen LogP contribution in [0.1, 0.15) is 32.3 Å². The van der Waals surface area contributed by atoms with Gasteiger partial charge in [0.15, 0.2) is 0 Å². The highest BCUT2D eigenvalue weighted by atomic mass is 16.2. The highest BCUT2D eigenvalue weighted by molar-refractivity contribution is 5.84. The van der Waals surface area contributed by atoms with Gasteiger partial charge in [-0.2, -0.15) is 10.2 Å². The molecule has 1 atom stereocenters. The van der Waals surface area contributed by atoms with Gasteiger partial charge in [-0.25, -0.2) is 0 Å². The molecule has 0 spiro atoms. The van der Waals surface area contributed by atoms with Gasteiger partial charge in [-0.1, -0.05) is 36.4 Å². The van der Waals surface area contributed by atoms with Crippen LogP contribution in [0.4, 0.5) is 0 Å². The van der Waals surface area contributed by atoms with E-state index in [-0.39, 0.29) is 11.4 Å². The number of benzene rings is 2. The third-order valence-electron chi connectivity index (χ3n) is 6.64. The Kier molecular flexibility index (Phi) is 5.29. The van der Waals surface area contributed by atoms with E-state index >= 15 is 0 Å². The maximum atomic E-state index is 13.0. The summed E-state index contributed by atoms with van der Waals surface area (Å²) in [6.07, 6.45) is 7.99. The van der Waals surface area contributed by atoms with Crippen LogP contribution in [0.3, 0.4) is 0 Å². The molecule has 3 heterocycles. The number of amides is 1. The van der Waals surface area contributed by atoms with E-state index in [1.807, 2.05) is 36.8 Å². The van der Waals surface area contributed by atoms with Gasteiger partial charge in [0.05, 0.1) is 17.9 Å². The topological polar surface area (TPSA) is 66.8 Å². The Morgan fingerprint density at radius 2 is 1.97 bits per heavy atom. The molecule has 6 nitrogen and oxygen atoms in total. The fourth-order valence-corrected chi connectivity index (χ4v) is 5.04. The lowest BCUT2D eigenvalue weighted by molar-refractivity contribution is -0.134. The van der Waals surface area contributed by atoms with Crippen molar-refractivity contribution < 1.29 is 4.79 Å². The minimum Gasteiger partial charge on any atom is -0.337 e.